The third kappa shape index (κ3) is 4.62. The Morgan fingerprint density at radius 1 is 1.00 bits per heavy atom. The molecule has 0 aliphatic rings. The lowest BCUT2D eigenvalue weighted by Gasteiger charge is -2.10. The molecule has 2 amide bonds. The Morgan fingerprint density at radius 3 is 2.55 bits per heavy atom. The van der Waals surface area contributed by atoms with Crippen LogP contribution in [0.2, 0.25) is 0 Å². The van der Waals surface area contributed by atoms with Crippen LogP contribution in [0.25, 0.3) is 10.9 Å². The van der Waals surface area contributed by atoms with Crippen molar-refractivity contribution in [3.8, 4) is 0 Å². The first-order valence-corrected chi connectivity index (χ1v) is 9.89. The summed E-state index contributed by atoms with van der Waals surface area (Å²) in [5.74, 6) is -0.492. The second-order valence-electron chi connectivity index (χ2n) is 6.74. The van der Waals surface area contributed by atoms with Crippen molar-refractivity contribution in [3.63, 3.8) is 0 Å². The molecule has 0 aliphatic carbocycles. The van der Waals surface area contributed by atoms with Gasteiger partial charge in [0.05, 0.1) is 17.2 Å². The van der Waals surface area contributed by atoms with Gasteiger partial charge in [-0.15, -0.1) is 0 Å². The van der Waals surface area contributed by atoms with Gasteiger partial charge >= 0.3 is 0 Å². The molecule has 2 aromatic heterocycles. The van der Waals surface area contributed by atoms with Gasteiger partial charge < -0.3 is 20.0 Å². The number of aromatic nitrogens is 2. The normalized spacial score (nSPS) is 10.7. The summed E-state index contributed by atoms with van der Waals surface area (Å²) in [7, 11) is 0. The van der Waals surface area contributed by atoms with Crippen LogP contribution in [0.1, 0.15) is 17.0 Å². The number of anilines is 2. The third-order valence-corrected chi connectivity index (χ3v) is 4.92. The van der Waals surface area contributed by atoms with Gasteiger partial charge in [0.1, 0.15) is 0 Å². The predicted octanol–water partition coefficient (Wildman–Crippen LogP) is 3.93. The number of para-hydroxylation sites is 1. The highest BCUT2D eigenvalue weighted by molar-refractivity contribution is 7.71. The topological polar surface area (TPSA) is 109 Å². The number of H-pyrrole nitrogens is 1. The highest BCUT2D eigenvalue weighted by Crippen LogP contribution is 2.17. The van der Waals surface area contributed by atoms with Crippen LogP contribution in [-0.2, 0) is 11.3 Å². The van der Waals surface area contributed by atoms with E-state index in [0.29, 0.717) is 22.3 Å². The lowest BCUT2D eigenvalue weighted by Crippen LogP contribution is -2.25. The molecular weight excluding hydrogens is 416 g/mol. The van der Waals surface area contributed by atoms with E-state index in [1.165, 1.54) is 10.8 Å². The zero-order chi connectivity index (χ0) is 21.8. The Morgan fingerprint density at radius 2 is 1.77 bits per heavy atom. The molecule has 2 aromatic carbocycles. The molecule has 0 unspecified atom stereocenters. The summed E-state index contributed by atoms with van der Waals surface area (Å²) in [6.45, 7) is 0.139. The highest BCUT2D eigenvalue weighted by Gasteiger charge is 2.11. The number of nitrogens with zero attached hydrogens (tertiary/aromatic N) is 1. The molecular formula is C22H18N4O4S. The number of amides is 2. The van der Waals surface area contributed by atoms with E-state index in [2.05, 4.69) is 15.6 Å². The molecule has 4 rings (SSSR count). The fourth-order valence-corrected chi connectivity index (χ4v) is 3.40. The van der Waals surface area contributed by atoms with Crippen LogP contribution >= 0.6 is 12.2 Å². The van der Waals surface area contributed by atoms with E-state index in [-0.39, 0.29) is 35.0 Å². The standard InChI is InChI=1S/C22H18N4O4S/c27-19(10-11-26-21(29)16-7-1-2-8-17(16)25-22(26)31)23-14-5-3-6-15(13-14)24-20(28)18-9-4-12-30-18/h1-9,12-13H,10-11H2,(H,23,27)(H,24,28)(H,25,31). The number of hydrogen-bond donors (Lipinski definition) is 3. The van der Waals surface area contributed by atoms with E-state index in [1.807, 2.05) is 6.07 Å². The maximum atomic E-state index is 12.7. The smallest absolute Gasteiger partial charge is 0.291 e. The number of aromatic amines is 1. The first kappa shape index (κ1) is 20.3. The van der Waals surface area contributed by atoms with Crippen molar-refractivity contribution in [1.29, 1.82) is 0 Å². The molecule has 9 heteroatoms. The van der Waals surface area contributed by atoms with Gasteiger partial charge in [0.2, 0.25) is 5.91 Å². The molecule has 0 aliphatic heterocycles. The first-order valence-electron chi connectivity index (χ1n) is 9.48. The predicted molar refractivity (Wildman–Crippen MR) is 120 cm³/mol. The van der Waals surface area contributed by atoms with Crippen molar-refractivity contribution in [2.24, 2.45) is 0 Å². The number of hydrogen-bond acceptors (Lipinski definition) is 5. The van der Waals surface area contributed by atoms with E-state index in [1.54, 1.807) is 54.6 Å². The molecule has 3 N–H and O–H groups in total. The number of furan rings is 1. The number of carbonyl (C=O) groups excluding carboxylic acids is 2. The zero-order valence-corrected chi connectivity index (χ0v) is 17.1. The zero-order valence-electron chi connectivity index (χ0n) is 16.3. The Kier molecular flexibility index (Phi) is 5.76. The number of benzene rings is 2. The van der Waals surface area contributed by atoms with Crippen LogP contribution in [0.5, 0.6) is 0 Å². The van der Waals surface area contributed by atoms with Crippen molar-refractivity contribution >= 4 is 46.3 Å². The molecule has 0 saturated carbocycles. The summed E-state index contributed by atoms with van der Waals surface area (Å²) in [5, 5.41) is 5.97. The molecule has 0 saturated heterocycles. The summed E-state index contributed by atoms with van der Waals surface area (Å²) >= 11 is 5.27. The second kappa shape index (κ2) is 8.80. The van der Waals surface area contributed by atoms with Crippen molar-refractivity contribution in [2.45, 2.75) is 13.0 Å². The molecule has 0 fully saturated rings. The number of nitrogens with one attached hydrogen (secondary N) is 3. The monoisotopic (exact) mass is 434 g/mol. The fourth-order valence-electron chi connectivity index (χ4n) is 3.11. The van der Waals surface area contributed by atoms with Crippen molar-refractivity contribution < 1.29 is 14.0 Å². The summed E-state index contributed by atoms with van der Waals surface area (Å²) in [6, 6.07) is 17.0. The Balaban J connectivity index is 1.42. The van der Waals surface area contributed by atoms with Crippen molar-refractivity contribution in [2.75, 3.05) is 10.6 Å². The van der Waals surface area contributed by atoms with E-state index in [9.17, 15) is 14.4 Å². The van der Waals surface area contributed by atoms with Crippen LogP contribution in [0, 0.1) is 4.77 Å². The summed E-state index contributed by atoms with van der Waals surface area (Å²) in [6.07, 6.45) is 1.47. The molecule has 0 radical (unpaired) electrons. The van der Waals surface area contributed by atoms with Gasteiger partial charge in [0.25, 0.3) is 11.5 Å². The fraction of sp³-hybridized carbons (Fsp3) is 0.0909. The maximum absolute atomic E-state index is 12.7. The van der Waals surface area contributed by atoms with E-state index in [0.717, 1.165) is 0 Å². The summed E-state index contributed by atoms with van der Waals surface area (Å²) in [5.41, 5.74) is 1.44. The van der Waals surface area contributed by atoms with Crippen LogP contribution in [-0.4, -0.2) is 21.4 Å². The quantitative estimate of drug-likeness (QED) is 0.398. The van der Waals surface area contributed by atoms with Crippen LogP contribution in [0.15, 0.2) is 76.1 Å². The molecule has 156 valence electrons. The van der Waals surface area contributed by atoms with Crippen molar-refractivity contribution in [3.05, 3.63) is 87.8 Å². The molecule has 0 atom stereocenters. The second-order valence-corrected chi connectivity index (χ2v) is 7.13. The van der Waals surface area contributed by atoms with Crippen molar-refractivity contribution in [1.82, 2.24) is 9.55 Å². The molecule has 8 nitrogen and oxygen atoms in total. The van der Waals surface area contributed by atoms with Crippen LogP contribution in [0.3, 0.4) is 0 Å². The summed E-state index contributed by atoms with van der Waals surface area (Å²) < 4.78 is 6.70. The first-order chi connectivity index (χ1) is 15.0. The largest absolute Gasteiger partial charge is 0.459 e. The lowest BCUT2D eigenvalue weighted by atomic mass is 10.2. The van der Waals surface area contributed by atoms with Gasteiger partial charge in [0, 0.05) is 24.3 Å². The van der Waals surface area contributed by atoms with E-state index < -0.39 is 5.91 Å². The lowest BCUT2D eigenvalue weighted by molar-refractivity contribution is -0.116. The molecule has 0 spiro atoms. The van der Waals surface area contributed by atoms with Crippen LogP contribution < -0.4 is 16.2 Å². The Bertz CT molecular complexity index is 1370. The van der Waals surface area contributed by atoms with Gasteiger partial charge in [0.15, 0.2) is 10.5 Å². The minimum absolute atomic E-state index is 0.0543. The Hall–Kier alpha value is -3.98. The van der Waals surface area contributed by atoms with Gasteiger partial charge in [-0.25, -0.2) is 0 Å². The SMILES string of the molecule is O=C(CCn1c(=S)[nH]c2ccccc2c1=O)Nc1cccc(NC(=O)c2ccco2)c1. The highest BCUT2D eigenvalue weighted by atomic mass is 32.1. The molecule has 31 heavy (non-hydrogen) atoms. The minimum atomic E-state index is -0.390. The third-order valence-electron chi connectivity index (χ3n) is 4.60. The molecule has 2 heterocycles. The van der Waals surface area contributed by atoms with E-state index >= 15 is 0 Å². The van der Waals surface area contributed by atoms with Crippen LogP contribution in [0.4, 0.5) is 11.4 Å². The van der Waals surface area contributed by atoms with E-state index in [4.69, 9.17) is 16.6 Å². The molecule has 0 bridgehead atoms. The van der Waals surface area contributed by atoms with Gasteiger partial charge in [-0.2, -0.15) is 0 Å². The van der Waals surface area contributed by atoms with Gasteiger partial charge in [-0.3, -0.25) is 19.0 Å². The number of rotatable bonds is 6. The molecule has 4 aromatic rings. The number of carbonyl (C=O) groups is 2. The average molecular weight is 434 g/mol. The Labute approximate surface area is 181 Å². The number of fused-ring (bicyclic) bond motifs is 1. The van der Waals surface area contributed by atoms with Gasteiger partial charge in [-0.1, -0.05) is 18.2 Å². The van der Waals surface area contributed by atoms with Gasteiger partial charge in [-0.05, 0) is 54.7 Å². The minimum Gasteiger partial charge on any atom is -0.459 e. The average Bonchev–Trinajstić information content (AvgIpc) is 3.29. The summed E-state index contributed by atoms with van der Waals surface area (Å²) in [4.78, 5) is 40.2. The maximum Gasteiger partial charge on any atom is 0.291 e.